The van der Waals surface area contributed by atoms with Crippen molar-refractivity contribution in [3.63, 3.8) is 0 Å². The molecule has 98 valence electrons. The third-order valence-corrected chi connectivity index (χ3v) is 2.75. The molecule has 17 heavy (non-hydrogen) atoms. The molecule has 1 heterocycles. The monoisotopic (exact) mass is 240 g/mol. The molecule has 0 saturated carbocycles. The second kappa shape index (κ2) is 8.45. The lowest BCUT2D eigenvalue weighted by atomic mass is 10.1. The van der Waals surface area contributed by atoms with Crippen LogP contribution in [-0.2, 0) is 14.2 Å². The van der Waals surface area contributed by atoms with E-state index in [4.69, 9.17) is 14.2 Å². The topological polar surface area (TPSA) is 27.7 Å². The Hall–Kier alpha value is -0.640. The number of allylic oxidation sites excluding steroid dienone is 2. The van der Waals surface area contributed by atoms with Crippen LogP contribution in [0, 0.1) is 0 Å². The van der Waals surface area contributed by atoms with Crippen LogP contribution < -0.4 is 0 Å². The average molecular weight is 240 g/mol. The number of hydrogen-bond donors (Lipinski definition) is 0. The van der Waals surface area contributed by atoms with Gasteiger partial charge in [0.15, 0.2) is 12.6 Å². The third-order valence-electron chi connectivity index (χ3n) is 2.75. The van der Waals surface area contributed by atoms with Crippen molar-refractivity contribution in [3.8, 4) is 0 Å². The van der Waals surface area contributed by atoms with Gasteiger partial charge in [-0.15, -0.1) is 13.2 Å². The van der Waals surface area contributed by atoms with Crippen LogP contribution in [0.4, 0.5) is 0 Å². The van der Waals surface area contributed by atoms with E-state index in [1.807, 2.05) is 19.1 Å². The first-order chi connectivity index (χ1) is 8.30. The standard InChI is InChI=1S/C14H24O3/c1-4-7-9-12-11-14(15-6-3)17-13(16-12)10-8-5-2/h4-5,12-14H,1-2,6-11H2,3H3/t12-,13+,14-/m1/s1. The van der Waals surface area contributed by atoms with Crippen molar-refractivity contribution in [1.82, 2.24) is 0 Å². The smallest absolute Gasteiger partial charge is 0.163 e. The van der Waals surface area contributed by atoms with Crippen molar-refractivity contribution in [3.05, 3.63) is 25.3 Å². The normalized spacial score (nSPS) is 28.9. The Labute approximate surface area is 104 Å². The molecule has 3 heteroatoms. The Morgan fingerprint density at radius 1 is 1.18 bits per heavy atom. The van der Waals surface area contributed by atoms with Crippen LogP contribution in [0.5, 0.6) is 0 Å². The zero-order valence-electron chi connectivity index (χ0n) is 10.8. The minimum Gasteiger partial charge on any atom is -0.353 e. The molecule has 1 saturated heterocycles. The summed E-state index contributed by atoms with van der Waals surface area (Å²) in [6.45, 7) is 10.1. The summed E-state index contributed by atoms with van der Waals surface area (Å²) in [7, 11) is 0. The van der Waals surface area contributed by atoms with Gasteiger partial charge in [-0.05, 0) is 26.2 Å². The lowest BCUT2D eigenvalue weighted by Gasteiger charge is -2.35. The molecule has 1 aliphatic heterocycles. The lowest BCUT2D eigenvalue weighted by molar-refractivity contribution is -0.307. The molecule has 0 amide bonds. The molecular weight excluding hydrogens is 216 g/mol. The van der Waals surface area contributed by atoms with E-state index in [0.717, 1.165) is 32.1 Å². The fourth-order valence-corrected chi connectivity index (χ4v) is 1.91. The number of hydrogen-bond acceptors (Lipinski definition) is 3. The zero-order valence-corrected chi connectivity index (χ0v) is 10.8. The Kier molecular flexibility index (Phi) is 7.17. The summed E-state index contributed by atoms with van der Waals surface area (Å²) >= 11 is 0. The number of rotatable bonds is 8. The lowest BCUT2D eigenvalue weighted by Crippen LogP contribution is -2.39. The van der Waals surface area contributed by atoms with Crippen LogP contribution in [0.15, 0.2) is 25.3 Å². The highest BCUT2D eigenvalue weighted by atomic mass is 16.8. The first kappa shape index (κ1) is 14.4. The largest absolute Gasteiger partial charge is 0.353 e. The van der Waals surface area contributed by atoms with Crippen LogP contribution in [-0.4, -0.2) is 25.3 Å². The van der Waals surface area contributed by atoms with Crippen LogP contribution in [0.2, 0.25) is 0 Å². The average Bonchev–Trinajstić information content (AvgIpc) is 2.34. The highest BCUT2D eigenvalue weighted by Gasteiger charge is 2.29. The molecule has 0 bridgehead atoms. The molecule has 0 unspecified atom stereocenters. The zero-order chi connectivity index (χ0) is 12.5. The summed E-state index contributed by atoms with van der Waals surface area (Å²) in [6.07, 6.45) is 8.25. The first-order valence-electron chi connectivity index (χ1n) is 6.44. The maximum atomic E-state index is 5.87. The summed E-state index contributed by atoms with van der Waals surface area (Å²) in [5.74, 6) is 0. The Morgan fingerprint density at radius 2 is 1.88 bits per heavy atom. The summed E-state index contributed by atoms with van der Waals surface area (Å²) in [6, 6.07) is 0. The van der Waals surface area contributed by atoms with E-state index in [1.165, 1.54) is 0 Å². The van der Waals surface area contributed by atoms with Gasteiger partial charge >= 0.3 is 0 Å². The molecule has 3 nitrogen and oxygen atoms in total. The van der Waals surface area contributed by atoms with E-state index in [-0.39, 0.29) is 18.7 Å². The second-order valence-corrected chi connectivity index (χ2v) is 4.18. The SMILES string of the molecule is C=CCC[C@@H]1C[C@H](OCC)O[C@@H](CCC=C)O1. The number of ether oxygens (including phenoxy) is 3. The fraction of sp³-hybridized carbons (Fsp3) is 0.714. The summed E-state index contributed by atoms with van der Waals surface area (Å²) < 4.78 is 17.1. The van der Waals surface area contributed by atoms with Gasteiger partial charge in [0.05, 0.1) is 6.10 Å². The van der Waals surface area contributed by atoms with E-state index in [9.17, 15) is 0 Å². The van der Waals surface area contributed by atoms with Crippen LogP contribution in [0.25, 0.3) is 0 Å². The van der Waals surface area contributed by atoms with Crippen molar-refractivity contribution < 1.29 is 14.2 Å². The van der Waals surface area contributed by atoms with Crippen molar-refractivity contribution in [1.29, 1.82) is 0 Å². The highest BCUT2D eigenvalue weighted by Crippen LogP contribution is 2.25. The van der Waals surface area contributed by atoms with Gasteiger partial charge in [0, 0.05) is 19.4 Å². The molecule has 1 fully saturated rings. The fourth-order valence-electron chi connectivity index (χ4n) is 1.91. The van der Waals surface area contributed by atoms with Gasteiger partial charge in [0.25, 0.3) is 0 Å². The maximum Gasteiger partial charge on any atom is 0.163 e. The molecule has 0 aromatic rings. The van der Waals surface area contributed by atoms with E-state index >= 15 is 0 Å². The molecule has 3 atom stereocenters. The summed E-state index contributed by atoms with van der Waals surface area (Å²) in [5, 5.41) is 0. The molecule has 0 spiro atoms. The van der Waals surface area contributed by atoms with Gasteiger partial charge in [-0.1, -0.05) is 12.2 Å². The molecule has 0 aromatic carbocycles. The van der Waals surface area contributed by atoms with Crippen LogP contribution in [0.3, 0.4) is 0 Å². The van der Waals surface area contributed by atoms with Crippen molar-refractivity contribution in [2.75, 3.05) is 6.61 Å². The Bertz CT molecular complexity index is 208. The third kappa shape index (κ3) is 5.48. The van der Waals surface area contributed by atoms with E-state index in [0.29, 0.717) is 6.61 Å². The quantitative estimate of drug-likeness (QED) is 0.608. The Balaban J connectivity index is 2.42. The van der Waals surface area contributed by atoms with Crippen LogP contribution >= 0.6 is 0 Å². The van der Waals surface area contributed by atoms with Crippen molar-refractivity contribution >= 4 is 0 Å². The second-order valence-electron chi connectivity index (χ2n) is 4.18. The molecule has 0 aliphatic carbocycles. The van der Waals surface area contributed by atoms with Crippen LogP contribution in [0.1, 0.15) is 39.0 Å². The molecule has 0 radical (unpaired) electrons. The van der Waals surface area contributed by atoms with Gasteiger partial charge in [-0.3, -0.25) is 0 Å². The highest BCUT2D eigenvalue weighted by molar-refractivity contribution is 4.75. The first-order valence-corrected chi connectivity index (χ1v) is 6.44. The molecule has 1 aliphatic rings. The van der Waals surface area contributed by atoms with Gasteiger partial charge in [-0.2, -0.15) is 0 Å². The van der Waals surface area contributed by atoms with Crippen molar-refractivity contribution in [2.45, 2.75) is 57.7 Å². The van der Waals surface area contributed by atoms with Gasteiger partial charge in [0.2, 0.25) is 0 Å². The molecule has 1 rings (SSSR count). The van der Waals surface area contributed by atoms with Gasteiger partial charge in [-0.25, -0.2) is 0 Å². The maximum absolute atomic E-state index is 5.87. The molecule has 0 aromatic heterocycles. The predicted molar refractivity (Wildman–Crippen MR) is 68.6 cm³/mol. The minimum absolute atomic E-state index is 0.126. The van der Waals surface area contributed by atoms with E-state index in [1.54, 1.807) is 0 Å². The van der Waals surface area contributed by atoms with E-state index in [2.05, 4.69) is 13.2 Å². The van der Waals surface area contributed by atoms with Gasteiger partial charge in [0.1, 0.15) is 0 Å². The molecular formula is C14H24O3. The predicted octanol–water partition coefficient (Wildman–Crippen LogP) is 3.41. The van der Waals surface area contributed by atoms with E-state index < -0.39 is 0 Å². The molecule has 0 N–H and O–H groups in total. The summed E-state index contributed by atoms with van der Waals surface area (Å²) in [4.78, 5) is 0. The minimum atomic E-state index is -0.159. The van der Waals surface area contributed by atoms with Gasteiger partial charge < -0.3 is 14.2 Å². The summed E-state index contributed by atoms with van der Waals surface area (Å²) in [5.41, 5.74) is 0. The Morgan fingerprint density at radius 3 is 2.53 bits per heavy atom. The van der Waals surface area contributed by atoms with Crippen molar-refractivity contribution in [2.24, 2.45) is 0 Å².